The summed E-state index contributed by atoms with van der Waals surface area (Å²) in [6.07, 6.45) is 54.8. The number of phosphoric acid groups is 1. The van der Waals surface area contributed by atoms with E-state index in [-0.39, 0.29) is 32.2 Å². The number of allylic oxidation sites excluding steroid dienone is 14. The molecule has 0 heterocycles. The van der Waals surface area contributed by atoms with Crippen molar-refractivity contribution in [2.45, 2.75) is 168 Å². The Kier molecular flexibility index (Phi) is 39.8. The molecule has 2 atom stereocenters. The fourth-order valence-corrected chi connectivity index (χ4v) is 6.46. The van der Waals surface area contributed by atoms with Gasteiger partial charge in [-0.3, -0.25) is 13.8 Å². The first-order valence-corrected chi connectivity index (χ1v) is 24.3. The molecule has 0 aromatic carbocycles. The summed E-state index contributed by atoms with van der Waals surface area (Å²) in [6, 6.07) is 0. The Labute approximate surface area is 356 Å². The third-order valence-corrected chi connectivity index (χ3v) is 10.2. The molecule has 8 nitrogen and oxygen atoms in total. The maximum Gasteiger partial charge on any atom is 0.472 e. The third kappa shape index (κ3) is 44.8. The van der Waals surface area contributed by atoms with Crippen LogP contribution in [0.25, 0.3) is 0 Å². The maximum absolute atomic E-state index is 12.7. The van der Waals surface area contributed by atoms with Crippen molar-refractivity contribution in [2.24, 2.45) is 0 Å². The standard InChI is InChI=1S/C49H86NO7P/c1-6-8-10-12-14-16-18-20-21-22-23-24-25-26-27-28-29-30-32-34-36-38-40-42-49(51)57-48(47-56-58(52,53)55-45-43-50(3,4)5)46-54-44-41-39-37-35-33-31-19-17-15-13-11-9-7-2/h8,10,14,16,20-21,23-24,26-27,29-30,34,36,48H,6-7,9,11-13,15,17-19,22,25,28,31-33,35,37-47H2,1-5H3/p+1/b10-8-,16-14-,21-20-,24-23-,27-26-,30-29-,36-34-. The van der Waals surface area contributed by atoms with Gasteiger partial charge in [0.1, 0.15) is 19.3 Å². The lowest BCUT2D eigenvalue weighted by molar-refractivity contribution is -0.870. The number of nitrogens with zero attached hydrogens (tertiary/aromatic N) is 1. The number of carbonyl (C=O) groups excluding carboxylic acids is 1. The molecule has 0 saturated carbocycles. The van der Waals surface area contributed by atoms with Crippen LogP contribution < -0.4 is 0 Å². The van der Waals surface area contributed by atoms with E-state index in [0.29, 0.717) is 24.1 Å². The van der Waals surface area contributed by atoms with Gasteiger partial charge < -0.3 is 18.9 Å². The SMILES string of the molecule is CC/C=C\C/C=C\C/C=C\C/C=C\C/C=C\C/C=C\C/C=C\CCCC(=O)OC(COCCCCCCCCCCCCCCC)COP(=O)(O)OCC[N+](C)(C)C. The monoisotopic (exact) mass is 833 g/mol. The number of rotatable bonds is 41. The average Bonchev–Trinajstić information content (AvgIpc) is 3.18. The van der Waals surface area contributed by atoms with Crippen molar-refractivity contribution < 1.29 is 37.3 Å². The lowest BCUT2D eigenvalue weighted by atomic mass is 10.0. The number of ether oxygens (including phenoxy) is 2. The molecule has 9 heteroatoms. The van der Waals surface area contributed by atoms with Crippen molar-refractivity contribution in [1.29, 1.82) is 0 Å². The van der Waals surface area contributed by atoms with Gasteiger partial charge in [-0.25, -0.2) is 4.57 Å². The van der Waals surface area contributed by atoms with Crippen LogP contribution in [0.3, 0.4) is 0 Å². The van der Waals surface area contributed by atoms with Gasteiger partial charge in [0.25, 0.3) is 0 Å². The Morgan fingerprint density at radius 1 is 0.552 bits per heavy atom. The van der Waals surface area contributed by atoms with E-state index in [9.17, 15) is 14.3 Å². The minimum Gasteiger partial charge on any atom is -0.457 e. The van der Waals surface area contributed by atoms with Gasteiger partial charge >= 0.3 is 13.8 Å². The summed E-state index contributed by atoms with van der Waals surface area (Å²) in [5, 5.41) is 0. The minimum atomic E-state index is -4.29. The van der Waals surface area contributed by atoms with E-state index < -0.39 is 13.9 Å². The minimum absolute atomic E-state index is 0.0743. The molecule has 1 N–H and O–H groups in total. The predicted octanol–water partition coefficient (Wildman–Crippen LogP) is 13.7. The Hall–Kier alpha value is -2.32. The van der Waals surface area contributed by atoms with Crippen LogP contribution in [0.15, 0.2) is 85.1 Å². The molecule has 2 unspecified atom stereocenters. The molecule has 0 amide bonds. The van der Waals surface area contributed by atoms with Crippen molar-refractivity contribution in [2.75, 3.05) is 54.1 Å². The van der Waals surface area contributed by atoms with Gasteiger partial charge in [0.05, 0.1) is 34.4 Å². The molecule has 58 heavy (non-hydrogen) atoms. The summed E-state index contributed by atoms with van der Waals surface area (Å²) < 4.78 is 34.9. The fraction of sp³-hybridized carbons (Fsp3) is 0.694. The molecule has 0 bridgehead atoms. The number of likely N-dealkylation sites (N-methyl/N-ethyl adjacent to an activating group) is 1. The zero-order valence-corrected chi connectivity index (χ0v) is 38.6. The van der Waals surface area contributed by atoms with E-state index in [0.717, 1.165) is 64.2 Å². The van der Waals surface area contributed by atoms with E-state index in [2.05, 4.69) is 98.9 Å². The normalized spacial score (nSPS) is 14.5. The molecule has 0 aromatic rings. The summed E-state index contributed by atoms with van der Waals surface area (Å²) in [5.41, 5.74) is 0. The second kappa shape index (κ2) is 41.4. The first-order chi connectivity index (χ1) is 28.1. The summed E-state index contributed by atoms with van der Waals surface area (Å²) in [5.74, 6) is -0.373. The fourth-order valence-electron chi connectivity index (χ4n) is 5.72. The van der Waals surface area contributed by atoms with Gasteiger partial charge in [0, 0.05) is 13.0 Å². The predicted molar refractivity (Wildman–Crippen MR) is 247 cm³/mol. The van der Waals surface area contributed by atoms with E-state index in [1.54, 1.807) is 0 Å². The molecule has 0 rings (SSSR count). The molecule has 0 aliphatic heterocycles. The van der Waals surface area contributed by atoms with E-state index in [1.165, 1.54) is 70.6 Å². The number of carbonyl (C=O) groups is 1. The molecular formula is C49H87NO7P+. The molecule has 0 fully saturated rings. The summed E-state index contributed by atoms with van der Waals surface area (Å²) in [6.45, 7) is 5.42. The van der Waals surface area contributed by atoms with Crippen LogP contribution in [0.5, 0.6) is 0 Å². The van der Waals surface area contributed by atoms with Crippen LogP contribution in [-0.2, 0) is 27.9 Å². The van der Waals surface area contributed by atoms with E-state index >= 15 is 0 Å². The first kappa shape index (κ1) is 55.7. The zero-order valence-electron chi connectivity index (χ0n) is 37.8. The molecular weight excluding hydrogens is 746 g/mol. The highest BCUT2D eigenvalue weighted by molar-refractivity contribution is 7.47. The number of unbranched alkanes of at least 4 members (excludes halogenated alkanes) is 13. The Morgan fingerprint density at radius 3 is 1.43 bits per heavy atom. The van der Waals surface area contributed by atoms with Crippen LogP contribution in [0.4, 0.5) is 0 Å². The third-order valence-electron chi connectivity index (χ3n) is 9.22. The highest BCUT2D eigenvalue weighted by Crippen LogP contribution is 2.43. The molecule has 0 aliphatic carbocycles. The second-order valence-corrected chi connectivity index (χ2v) is 17.5. The largest absolute Gasteiger partial charge is 0.472 e. The van der Waals surface area contributed by atoms with Crippen LogP contribution in [0.2, 0.25) is 0 Å². The summed E-state index contributed by atoms with van der Waals surface area (Å²) >= 11 is 0. The van der Waals surface area contributed by atoms with Gasteiger partial charge in [0.15, 0.2) is 0 Å². The number of esters is 1. The van der Waals surface area contributed by atoms with Gasteiger partial charge in [-0.05, 0) is 64.2 Å². The second-order valence-electron chi connectivity index (χ2n) is 16.1. The zero-order chi connectivity index (χ0) is 42.7. The summed E-state index contributed by atoms with van der Waals surface area (Å²) in [7, 11) is 1.62. The molecule has 0 radical (unpaired) electrons. The molecule has 0 saturated heterocycles. The van der Waals surface area contributed by atoms with Gasteiger partial charge in [-0.1, -0.05) is 176 Å². The maximum atomic E-state index is 12.7. The molecule has 0 aromatic heterocycles. The average molecular weight is 833 g/mol. The summed E-state index contributed by atoms with van der Waals surface area (Å²) in [4.78, 5) is 22.9. The Bertz CT molecular complexity index is 1200. The van der Waals surface area contributed by atoms with Crippen LogP contribution in [0, 0.1) is 0 Å². The lowest BCUT2D eigenvalue weighted by Crippen LogP contribution is -2.37. The van der Waals surface area contributed by atoms with Crippen LogP contribution in [0.1, 0.15) is 162 Å². The molecule has 0 spiro atoms. The topological polar surface area (TPSA) is 91.3 Å². The van der Waals surface area contributed by atoms with E-state index in [4.69, 9.17) is 18.5 Å². The highest BCUT2D eigenvalue weighted by atomic mass is 31.2. The van der Waals surface area contributed by atoms with Gasteiger partial charge in [-0.2, -0.15) is 0 Å². The molecule has 0 aliphatic rings. The highest BCUT2D eigenvalue weighted by Gasteiger charge is 2.26. The van der Waals surface area contributed by atoms with Crippen molar-refractivity contribution in [1.82, 2.24) is 0 Å². The lowest BCUT2D eigenvalue weighted by Gasteiger charge is -2.24. The number of quaternary nitrogens is 1. The van der Waals surface area contributed by atoms with Gasteiger partial charge in [-0.15, -0.1) is 0 Å². The van der Waals surface area contributed by atoms with Crippen molar-refractivity contribution in [3.05, 3.63) is 85.1 Å². The Balaban J connectivity index is 4.34. The van der Waals surface area contributed by atoms with Crippen LogP contribution in [-0.4, -0.2) is 75.6 Å². The smallest absolute Gasteiger partial charge is 0.457 e. The van der Waals surface area contributed by atoms with Crippen molar-refractivity contribution in [3.63, 3.8) is 0 Å². The Morgan fingerprint density at radius 2 is 0.983 bits per heavy atom. The van der Waals surface area contributed by atoms with Gasteiger partial charge in [0.2, 0.25) is 0 Å². The van der Waals surface area contributed by atoms with Crippen molar-refractivity contribution in [3.8, 4) is 0 Å². The quantitative estimate of drug-likeness (QED) is 0.0216. The molecule has 334 valence electrons. The number of hydrogen-bond acceptors (Lipinski definition) is 6. The van der Waals surface area contributed by atoms with Crippen LogP contribution >= 0.6 is 7.82 Å². The van der Waals surface area contributed by atoms with Crippen molar-refractivity contribution >= 4 is 13.8 Å². The number of hydrogen-bond donors (Lipinski definition) is 1. The number of phosphoric ester groups is 1. The first-order valence-electron chi connectivity index (χ1n) is 22.8. The van der Waals surface area contributed by atoms with E-state index in [1.807, 2.05) is 21.1 Å².